The summed E-state index contributed by atoms with van der Waals surface area (Å²) in [5, 5.41) is 20.7. The Bertz CT molecular complexity index is 1440. The quantitative estimate of drug-likeness (QED) is 0.324. The molecule has 2 aromatic carbocycles. The van der Waals surface area contributed by atoms with Gasteiger partial charge in [0.2, 0.25) is 5.95 Å². The van der Waals surface area contributed by atoms with E-state index in [4.69, 9.17) is 9.47 Å². The number of anilines is 1. The summed E-state index contributed by atoms with van der Waals surface area (Å²) in [5.41, 5.74) is 2.26. The SMILES string of the molecule is COc1ccc(C(NC(=O)c2ccc3cnc(N[C@@H]4CCO[C@H](CO)C4)nc3c2)c2cnn(C)c2)cc1F. The zero-order valence-electron chi connectivity index (χ0n) is 21.1. The highest BCUT2D eigenvalue weighted by Gasteiger charge is 2.23. The fourth-order valence-corrected chi connectivity index (χ4v) is 4.58. The first-order chi connectivity index (χ1) is 18.4. The largest absolute Gasteiger partial charge is 0.494 e. The van der Waals surface area contributed by atoms with Crippen LogP contribution in [0.15, 0.2) is 55.0 Å². The molecule has 3 N–H and O–H groups in total. The number of aromatic nitrogens is 4. The van der Waals surface area contributed by atoms with E-state index in [0.29, 0.717) is 41.2 Å². The van der Waals surface area contributed by atoms with Crippen LogP contribution in [-0.2, 0) is 11.8 Å². The number of methoxy groups -OCH3 is 1. The Labute approximate surface area is 218 Å². The van der Waals surface area contributed by atoms with Gasteiger partial charge in [-0.15, -0.1) is 0 Å². The normalized spacial score (nSPS) is 18.2. The van der Waals surface area contributed by atoms with Gasteiger partial charge in [0.15, 0.2) is 11.6 Å². The third kappa shape index (κ3) is 5.58. The smallest absolute Gasteiger partial charge is 0.252 e. The Morgan fingerprint density at radius 2 is 2.13 bits per heavy atom. The van der Waals surface area contributed by atoms with Crippen LogP contribution in [0.2, 0.25) is 0 Å². The van der Waals surface area contributed by atoms with Crippen molar-refractivity contribution < 1.29 is 23.8 Å². The molecule has 10 nitrogen and oxygen atoms in total. The lowest BCUT2D eigenvalue weighted by Crippen LogP contribution is -2.36. The number of rotatable bonds is 8. The molecule has 0 saturated carbocycles. The van der Waals surface area contributed by atoms with Crippen molar-refractivity contribution in [2.24, 2.45) is 7.05 Å². The van der Waals surface area contributed by atoms with Gasteiger partial charge in [-0.3, -0.25) is 9.48 Å². The number of benzene rings is 2. The topological polar surface area (TPSA) is 123 Å². The minimum absolute atomic E-state index is 0.0293. The van der Waals surface area contributed by atoms with Crippen molar-refractivity contribution in [2.45, 2.75) is 31.0 Å². The zero-order chi connectivity index (χ0) is 26.6. The molecule has 0 spiro atoms. The summed E-state index contributed by atoms with van der Waals surface area (Å²) in [6, 6.07) is 9.22. The predicted octanol–water partition coefficient (Wildman–Crippen LogP) is 2.98. The molecule has 3 heterocycles. The lowest BCUT2D eigenvalue weighted by molar-refractivity contribution is -0.0213. The summed E-state index contributed by atoms with van der Waals surface area (Å²) in [4.78, 5) is 22.4. The second-order valence-electron chi connectivity index (χ2n) is 9.26. The van der Waals surface area contributed by atoms with Crippen molar-refractivity contribution in [3.05, 3.63) is 77.5 Å². The van der Waals surface area contributed by atoms with Gasteiger partial charge < -0.3 is 25.2 Å². The first kappa shape index (κ1) is 25.6. The van der Waals surface area contributed by atoms with Gasteiger partial charge in [0.25, 0.3) is 5.91 Å². The lowest BCUT2D eigenvalue weighted by atomic mass is 10.0. The number of aryl methyl sites for hydroxylation is 1. The van der Waals surface area contributed by atoms with Gasteiger partial charge in [0, 0.05) is 48.6 Å². The number of aliphatic hydroxyl groups excluding tert-OH is 1. The minimum atomic E-state index is -0.636. The van der Waals surface area contributed by atoms with Crippen molar-refractivity contribution in [3.63, 3.8) is 0 Å². The minimum Gasteiger partial charge on any atom is -0.494 e. The van der Waals surface area contributed by atoms with Gasteiger partial charge in [0.05, 0.1) is 37.6 Å². The number of nitrogens with one attached hydrogen (secondary N) is 2. The van der Waals surface area contributed by atoms with E-state index in [1.54, 1.807) is 54.6 Å². The van der Waals surface area contributed by atoms with Crippen LogP contribution in [0.5, 0.6) is 5.75 Å². The van der Waals surface area contributed by atoms with Crippen molar-refractivity contribution in [1.82, 2.24) is 25.1 Å². The second kappa shape index (κ2) is 11.1. The summed E-state index contributed by atoms with van der Waals surface area (Å²) >= 11 is 0. The van der Waals surface area contributed by atoms with E-state index in [9.17, 15) is 14.3 Å². The van der Waals surface area contributed by atoms with Gasteiger partial charge in [-0.2, -0.15) is 5.10 Å². The molecule has 0 bridgehead atoms. The van der Waals surface area contributed by atoms with E-state index >= 15 is 0 Å². The monoisotopic (exact) mass is 520 g/mol. The van der Waals surface area contributed by atoms with E-state index in [1.165, 1.54) is 19.2 Å². The number of hydrogen-bond donors (Lipinski definition) is 3. The summed E-state index contributed by atoms with van der Waals surface area (Å²) < 4.78 is 26.7. The Balaban J connectivity index is 1.39. The maximum Gasteiger partial charge on any atom is 0.252 e. The molecule has 1 fully saturated rings. The Morgan fingerprint density at radius 3 is 2.87 bits per heavy atom. The summed E-state index contributed by atoms with van der Waals surface area (Å²) in [7, 11) is 3.17. The van der Waals surface area contributed by atoms with Crippen LogP contribution in [0.3, 0.4) is 0 Å². The maximum atomic E-state index is 14.5. The lowest BCUT2D eigenvalue weighted by Gasteiger charge is -2.29. The van der Waals surface area contributed by atoms with Crippen LogP contribution in [0, 0.1) is 5.82 Å². The van der Waals surface area contributed by atoms with Crippen LogP contribution in [0.4, 0.5) is 10.3 Å². The number of ether oxygens (including phenoxy) is 2. The number of carbonyl (C=O) groups excluding carboxylic acids is 1. The molecule has 1 amide bonds. The molecule has 1 unspecified atom stereocenters. The molecule has 198 valence electrons. The highest BCUT2D eigenvalue weighted by molar-refractivity contribution is 5.98. The van der Waals surface area contributed by atoms with E-state index in [2.05, 4.69) is 25.7 Å². The summed E-state index contributed by atoms with van der Waals surface area (Å²) in [6.45, 7) is 0.523. The van der Waals surface area contributed by atoms with Gasteiger partial charge >= 0.3 is 0 Å². The number of amides is 1. The van der Waals surface area contributed by atoms with Crippen LogP contribution < -0.4 is 15.4 Å². The van der Waals surface area contributed by atoms with Gasteiger partial charge in [-0.25, -0.2) is 14.4 Å². The third-order valence-corrected chi connectivity index (χ3v) is 6.59. The number of halogens is 1. The van der Waals surface area contributed by atoms with Gasteiger partial charge in [-0.05, 0) is 42.7 Å². The van der Waals surface area contributed by atoms with Crippen LogP contribution in [0.1, 0.15) is 40.4 Å². The third-order valence-electron chi connectivity index (χ3n) is 6.59. The van der Waals surface area contributed by atoms with Gasteiger partial charge in [-0.1, -0.05) is 12.1 Å². The molecule has 5 rings (SSSR count). The molecule has 38 heavy (non-hydrogen) atoms. The van der Waals surface area contributed by atoms with Crippen molar-refractivity contribution in [2.75, 3.05) is 25.6 Å². The summed E-state index contributed by atoms with van der Waals surface area (Å²) in [5.74, 6) is -0.303. The number of nitrogens with zero attached hydrogens (tertiary/aromatic N) is 4. The molecule has 1 saturated heterocycles. The van der Waals surface area contributed by atoms with Crippen LogP contribution in [0.25, 0.3) is 10.9 Å². The number of fused-ring (bicyclic) bond motifs is 1. The fraction of sp³-hybridized carbons (Fsp3) is 0.333. The standard InChI is InChI=1S/C27H29FN6O4/c1-34-14-19(13-30-34)25(16-5-6-24(37-2)22(28)9-16)33-26(36)17-3-4-18-12-29-27(32-23(18)10-17)31-20-7-8-38-21(11-20)15-35/h3-6,9-10,12-14,20-21,25,35H,7-8,11,15H2,1-2H3,(H,33,36)(H,29,31,32)/t20-,21+,25?/m1/s1. The maximum absolute atomic E-state index is 14.5. The van der Waals surface area contributed by atoms with Crippen molar-refractivity contribution >= 4 is 22.8 Å². The molecule has 0 aliphatic carbocycles. The van der Waals surface area contributed by atoms with E-state index in [1.807, 2.05) is 0 Å². The summed E-state index contributed by atoms with van der Waals surface area (Å²) in [6.07, 6.45) is 6.34. The molecule has 1 aliphatic rings. The average Bonchev–Trinajstić information content (AvgIpc) is 3.37. The Hall–Kier alpha value is -4.09. The number of carbonyl (C=O) groups is 1. The van der Waals surface area contributed by atoms with Crippen molar-refractivity contribution in [1.29, 1.82) is 0 Å². The first-order valence-electron chi connectivity index (χ1n) is 12.3. The molecule has 1 aliphatic heterocycles. The first-order valence-corrected chi connectivity index (χ1v) is 12.3. The molecule has 0 radical (unpaired) electrons. The van der Waals surface area contributed by atoms with E-state index < -0.39 is 11.9 Å². The molecule has 3 atom stereocenters. The highest BCUT2D eigenvalue weighted by atomic mass is 19.1. The number of hydrogen-bond acceptors (Lipinski definition) is 8. The molecule has 11 heteroatoms. The predicted molar refractivity (Wildman–Crippen MR) is 138 cm³/mol. The van der Waals surface area contributed by atoms with Gasteiger partial charge in [0.1, 0.15) is 0 Å². The fourth-order valence-electron chi connectivity index (χ4n) is 4.58. The Kier molecular flexibility index (Phi) is 7.47. The van der Waals surface area contributed by atoms with Crippen LogP contribution in [-0.4, -0.2) is 63.2 Å². The highest BCUT2D eigenvalue weighted by Crippen LogP contribution is 2.27. The van der Waals surface area contributed by atoms with Crippen LogP contribution >= 0.6 is 0 Å². The van der Waals surface area contributed by atoms with Crippen molar-refractivity contribution in [3.8, 4) is 5.75 Å². The second-order valence-corrected chi connectivity index (χ2v) is 9.26. The zero-order valence-corrected chi connectivity index (χ0v) is 21.1. The number of aliphatic hydroxyl groups is 1. The average molecular weight is 521 g/mol. The molecular weight excluding hydrogens is 491 g/mol. The Morgan fingerprint density at radius 1 is 1.26 bits per heavy atom. The molecular formula is C27H29FN6O4. The molecule has 2 aromatic heterocycles. The van der Waals surface area contributed by atoms with E-state index in [0.717, 1.165) is 11.8 Å². The van der Waals surface area contributed by atoms with E-state index in [-0.39, 0.29) is 30.4 Å². The molecule has 4 aromatic rings.